The van der Waals surface area contributed by atoms with E-state index in [1.807, 2.05) is 37.3 Å². The number of hydrogen-bond acceptors (Lipinski definition) is 2. The Morgan fingerprint density at radius 1 is 1.15 bits per heavy atom. The van der Waals surface area contributed by atoms with Crippen molar-refractivity contribution in [2.75, 3.05) is 11.4 Å². The van der Waals surface area contributed by atoms with Crippen LogP contribution in [0.3, 0.4) is 0 Å². The summed E-state index contributed by atoms with van der Waals surface area (Å²) in [4.78, 5) is 14.0. The SMILES string of the molecule is CCN(C(=O)[C@H](N)c1ccccc1)c1ccc(F)cc1. The second kappa shape index (κ2) is 6.30. The van der Waals surface area contributed by atoms with Gasteiger partial charge in [0, 0.05) is 12.2 Å². The highest BCUT2D eigenvalue weighted by molar-refractivity contribution is 5.97. The quantitative estimate of drug-likeness (QED) is 0.930. The maximum atomic E-state index is 13.0. The van der Waals surface area contributed by atoms with Crippen molar-refractivity contribution in [1.29, 1.82) is 0 Å². The van der Waals surface area contributed by atoms with Gasteiger partial charge in [0.05, 0.1) is 0 Å². The fourth-order valence-electron chi connectivity index (χ4n) is 2.06. The van der Waals surface area contributed by atoms with Gasteiger partial charge in [0.1, 0.15) is 11.9 Å². The Hall–Kier alpha value is -2.20. The third kappa shape index (κ3) is 3.03. The summed E-state index contributed by atoms with van der Waals surface area (Å²) in [6, 6.07) is 14.3. The average molecular weight is 272 g/mol. The smallest absolute Gasteiger partial charge is 0.248 e. The van der Waals surface area contributed by atoms with Crippen LogP contribution in [0, 0.1) is 5.82 Å². The zero-order chi connectivity index (χ0) is 14.5. The summed E-state index contributed by atoms with van der Waals surface area (Å²) in [6.07, 6.45) is 0. The first-order chi connectivity index (χ1) is 9.63. The molecule has 0 aliphatic carbocycles. The van der Waals surface area contributed by atoms with Crippen LogP contribution in [-0.4, -0.2) is 12.5 Å². The highest BCUT2D eigenvalue weighted by Crippen LogP contribution is 2.20. The molecule has 2 rings (SSSR count). The van der Waals surface area contributed by atoms with Crippen LogP contribution in [0.4, 0.5) is 10.1 Å². The lowest BCUT2D eigenvalue weighted by molar-refractivity contribution is -0.119. The second-order valence-corrected chi connectivity index (χ2v) is 4.45. The van der Waals surface area contributed by atoms with Crippen LogP contribution >= 0.6 is 0 Å². The summed E-state index contributed by atoms with van der Waals surface area (Å²) in [5, 5.41) is 0. The van der Waals surface area contributed by atoms with Gasteiger partial charge in [-0.2, -0.15) is 0 Å². The monoisotopic (exact) mass is 272 g/mol. The van der Waals surface area contributed by atoms with Crippen molar-refractivity contribution in [2.45, 2.75) is 13.0 Å². The van der Waals surface area contributed by atoms with Crippen molar-refractivity contribution in [3.63, 3.8) is 0 Å². The lowest BCUT2D eigenvalue weighted by Gasteiger charge is -2.24. The van der Waals surface area contributed by atoms with Crippen LogP contribution in [0.2, 0.25) is 0 Å². The molecular weight excluding hydrogens is 255 g/mol. The molecule has 0 spiro atoms. The molecule has 20 heavy (non-hydrogen) atoms. The van der Waals surface area contributed by atoms with Gasteiger partial charge in [-0.1, -0.05) is 30.3 Å². The molecule has 0 unspecified atom stereocenters. The number of benzene rings is 2. The number of anilines is 1. The third-order valence-corrected chi connectivity index (χ3v) is 3.15. The van der Waals surface area contributed by atoms with Gasteiger partial charge in [0.25, 0.3) is 0 Å². The van der Waals surface area contributed by atoms with E-state index in [2.05, 4.69) is 0 Å². The number of halogens is 1. The number of carbonyl (C=O) groups excluding carboxylic acids is 1. The van der Waals surface area contributed by atoms with E-state index in [-0.39, 0.29) is 11.7 Å². The zero-order valence-electron chi connectivity index (χ0n) is 11.3. The van der Waals surface area contributed by atoms with E-state index in [0.717, 1.165) is 5.56 Å². The number of rotatable bonds is 4. The Bertz CT molecular complexity index is 569. The molecule has 0 aromatic heterocycles. The number of nitrogens with two attached hydrogens (primary N) is 1. The molecule has 2 aromatic carbocycles. The molecule has 0 fully saturated rings. The van der Waals surface area contributed by atoms with Gasteiger partial charge >= 0.3 is 0 Å². The summed E-state index contributed by atoms with van der Waals surface area (Å²) < 4.78 is 13.0. The molecule has 0 aliphatic rings. The minimum atomic E-state index is -0.721. The molecule has 0 bridgehead atoms. The first-order valence-corrected chi connectivity index (χ1v) is 6.51. The predicted octanol–water partition coefficient (Wildman–Crippen LogP) is 2.88. The van der Waals surface area contributed by atoms with E-state index in [4.69, 9.17) is 5.73 Å². The topological polar surface area (TPSA) is 46.3 Å². The van der Waals surface area contributed by atoms with Crippen LogP contribution in [0.1, 0.15) is 18.5 Å². The van der Waals surface area contributed by atoms with Crippen molar-refractivity contribution in [3.8, 4) is 0 Å². The first-order valence-electron chi connectivity index (χ1n) is 6.51. The normalized spacial score (nSPS) is 11.9. The number of hydrogen-bond donors (Lipinski definition) is 1. The van der Waals surface area contributed by atoms with E-state index in [0.29, 0.717) is 12.2 Å². The molecule has 3 nitrogen and oxygen atoms in total. The Labute approximate surface area is 117 Å². The Kier molecular flexibility index (Phi) is 4.48. The predicted molar refractivity (Wildman–Crippen MR) is 77.8 cm³/mol. The summed E-state index contributed by atoms with van der Waals surface area (Å²) in [5.74, 6) is -0.532. The van der Waals surface area contributed by atoms with E-state index in [9.17, 15) is 9.18 Å². The highest BCUT2D eigenvalue weighted by Gasteiger charge is 2.22. The van der Waals surface area contributed by atoms with Gasteiger partial charge < -0.3 is 10.6 Å². The molecule has 0 radical (unpaired) electrons. The first kappa shape index (κ1) is 14.2. The molecule has 0 saturated carbocycles. The number of nitrogens with zero attached hydrogens (tertiary/aromatic N) is 1. The third-order valence-electron chi connectivity index (χ3n) is 3.15. The Balaban J connectivity index is 2.23. The molecule has 0 saturated heterocycles. The van der Waals surface area contributed by atoms with Crippen LogP contribution in [0.25, 0.3) is 0 Å². The molecule has 1 atom stereocenters. The van der Waals surface area contributed by atoms with E-state index in [1.54, 1.807) is 17.0 Å². The van der Waals surface area contributed by atoms with Crippen molar-refractivity contribution >= 4 is 11.6 Å². The molecule has 0 heterocycles. The largest absolute Gasteiger partial charge is 0.316 e. The number of carbonyl (C=O) groups is 1. The van der Waals surface area contributed by atoms with Crippen LogP contribution < -0.4 is 10.6 Å². The van der Waals surface area contributed by atoms with Gasteiger partial charge in [0.15, 0.2) is 0 Å². The maximum absolute atomic E-state index is 13.0. The average Bonchev–Trinajstić information content (AvgIpc) is 2.50. The molecule has 104 valence electrons. The van der Waals surface area contributed by atoms with E-state index >= 15 is 0 Å². The molecule has 2 N–H and O–H groups in total. The lowest BCUT2D eigenvalue weighted by Crippen LogP contribution is -2.38. The Morgan fingerprint density at radius 2 is 1.75 bits per heavy atom. The minimum absolute atomic E-state index is 0.203. The Morgan fingerprint density at radius 3 is 2.30 bits per heavy atom. The van der Waals surface area contributed by atoms with Crippen molar-refractivity contribution in [3.05, 3.63) is 66.0 Å². The van der Waals surface area contributed by atoms with Crippen molar-refractivity contribution < 1.29 is 9.18 Å². The molecule has 4 heteroatoms. The van der Waals surface area contributed by atoms with Gasteiger partial charge in [-0.15, -0.1) is 0 Å². The fraction of sp³-hybridized carbons (Fsp3) is 0.188. The van der Waals surface area contributed by atoms with Gasteiger partial charge in [-0.25, -0.2) is 4.39 Å². The standard InChI is InChI=1S/C16H17FN2O/c1-2-19(14-10-8-13(17)9-11-14)16(20)15(18)12-6-4-3-5-7-12/h3-11,15H,2,18H2,1H3/t15-/m1/s1. The van der Waals surface area contributed by atoms with Crippen LogP contribution in [0.5, 0.6) is 0 Å². The van der Waals surface area contributed by atoms with Gasteiger partial charge in [0.2, 0.25) is 5.91 Å². The molecular formula is C16H17FN2O. The fourth-order valence-corrected chi connectivity index (χ4v) is 2.06. The van der Waals surface area contributed by atoms with Crippen molar-refractivity contribution in [1.82, 2.24) is 0 Å². The molecule has 1 amide bonds. The molecule has 0 aliphatic heterocycles. The van der Waals surface area contributed by atoms with Crippen LogP contribution in [-0.2, 0) is 4.79 Å². The summed E-state index contributed by atoms with van der Waals surface area (Å²) in [6.45, 7) is 2.34. The van der Waals surface area contributed by atoms with Gasteiger partial charge in [-0.05, 0) is 36.8 Å². The van der Waals surface area contributed by atoms with Gasteiger partial charge in [-0.3, -0.25) is 4.79 Å². The number of likely N-dealkylation sites (N-methyl/N-ethyl adjacent to an activating group) is 1. The highest BCUT2D eigenvalue weighted by atomic mass is 19.1. The van der Waals surface area contributed by atoms with Crippen LogP contribution in [0.15, 0.2) is 54.6 Å². The van der Waals surface area contributed by atoms with E-state index in [1.165, 1.54) is 12.1 Å². The second-order valence-electron chi connectivity index (χ2n) is 4.45. The van der Waals surface area contributed by atoms with Crippen molar-refractivity contribution in [2.24, 2.45) is 5.73 Å². The maximum Gasteiger partial charge on any atom is 0.248 e. The summed E-state index contributed by atoms with van der Waals surface area (Å²) in [7, 11) is 0. The number of amides is 1. The summed E-state index contributed by atoms with van der Waals surface area (Å²) in [5.41, 5.74) is 7.42. The lowest BCUT2D eigenvalue weighted by atomic mass is 10.1. The summed E-state index contributed by atoms with van der Waals surface area (Å²) >= 11 is 0. The zero-order valence-corrected chi connectivity index (χ0v) is 11.3. The molecule has 2 aromatic rings. The minimum Gasteiger partial charge on any atom is -0.316 e. The van der Waals surface area contributed by atoms with E-state index < -0.39 is 6.04 Å².